The first-order valence-electron chi connectivity index (χ1n) is 7.97. The van der Waals surface area contributed by atoms with Crippen LogP contribution < -0.4 is 20.2 Å². The van der Waals surface area contributed by atoms with Crippen molar-refractivity contribution in [1.82, 2.24) is 10.7 Å². The zero-order chi connectivity index (χ0) is 18.8. The minimum atomic E-state index is -0.426. The highest BCUT2D eigenvalue weighted by Gasteiger charge is 2.06. The van der Waals surface area contributed by atoms with Crippen LogP contribution in [0.15, 0.2) is 53.6 Å². The molecule has 0 unspecified atom stereocenters. The molecule has 7 heteroatoms. The first kappa shape index (κ1) is 19.0. The minimum Gasteiger partial charge on any atom is -0.497 e. The Hall–Kier alpha value is -3.35. The summed E-state index contributed by atoms with van der Waals surface area (Å²) in [5.74, 6) is 0.584. The molecule has 0 aliphatic carbocycles. The van der Waals surface area contributed by atoms with Crippen molar-refractivity contribution in [2.75, 3.05) is 20.8 Å². The Balaban J connectivity index is 1.81. The van der Waals surface area contributed by atoms with Crippen molar-refractivity contribution in [3.8, 4) is 11.5 Å². The van der Waals surface area contributed by atoms with Gasteiger partial charge in [-0.05, 0) is 23.8 Å². The first-order valence-corrected chi connectivity index (χ1v) is 7.97. The fraction of sp³-hybridized carbons (Fsp3) is 0.211. The van der Waals surface area contributed by atoms with Crippen LogP contribution in [0.1, 0.15) is 11.1 Å². The quantitative estimate of drug-likeness (QED) is 0.555. The molecule has 0 saturated carbocycles. The Morgan fingerprint density at radius 3 is 2.50 bits per heavy atom. The summed E-state index contributed by atoms with van der Waals surface area (Å²) in [6, 6.07) is 14.5. The molecule has 0 atom stereocenters. The van der Waals surface area contributed by atoms with E-state index < -0.39 is 5.91 Å². The normalized spacial score (nSPS) is 10.4. The van der Waals surface area contributed by atoms with Gasteiger partial charge in [-0.3, -0.25) is 9.59 Å². The lowest BCUT2D eigenvalue weighted by Crippen LogP contribution is -2.35. The highest BCUT2D eigenvalue weighted by Crippen LogP contribution is 2.22. The Kier molecular flexibility index (Phi) is 7.17. The van der Waals surface area contributed by atoms with E-state index in [2.05, 4.69) is 15.8 Å². The molecule has 2 aromatic rings. The largest absolute Gasteiger partial charge is 0.497 e. The Labute approximate surface area is 152 Å². The van der Waals surface area contributed by atoms with Gasteiger partial charge in [-0.15, -0.1) is 0 Å². The van der Waals surface area contributed by atoms with E-state index in [-0.39, 0.29) is 18.9 Å². The second-order valence-electron chi connectivity index (χ2n) is 5.34. The molecule has 2 N–H and O–H groups in total. The van der Waals surface area contributed by atoms with Gasteiger partial charge >= 0.3 is 0 Å². The molecule has 26 heavy (non-hydrogen) atoms. The molecule has 0 spiro atoms. The summed E-state index contributed by atoms with van der Waals surface area (Å²) in [4.78, 5) is 23.6. The van der Waals surface area contributed by atoms with Crippen molar-refractivity contribution < 1.29 is 19.1 Å². The molecule has 2 amide bonds. The van der Waals surface area contributed by atoms with Gasteiger partial charge in [-0.25, -0.2) is 5.43 Å². The molecule has 0 fully saturated rings. The predicted molar refractivity (Wildman–Crippen MR) is 98.4 cm³/mol. The number of hydrogen-bond acceptors (Lipinski definition) is 5. The van der Waals surface area contributed by atoms with E-state index >= 15 is 0 Å². The number of carbonyl (C=O) groups is 2. The minimum absolute atomic E-state index is 0.155. The van der Waals surface area contributed by atoms with Crippen LogP contribution in [0.4, 0.5) is 0 Å². The zero-order valence-corrected chi connectivity index (χ0v) is 14.7. The van der Waals surface area contributed by atoms with Gasteiger partial charge < -0.3 is 14.8 Å². The molecular weight excluding hydrogens is 334 g/mol. The Morgan fingerprint density at radius 2 is 1.81 bits per heavy atom. The SMILES string of the molecule is COc1ccc(OC)c(/C=N/NC(=O)CNC(=O)Cc2ccccc2)c1. The predicted octanol–water partition coefficient (Wildman–Crippen LogP) is 1.51. The summed E-state index contributed by atoms with van der Waals surface area (Å²) in [6.45, 7) is -0.155. The molecule has 7 nitrogen and oxygen atoms in total. The van der Waals surface area contributed by atoms with Crippen molar-refractivity contribution in [2.45, 2.75) is 6.42 Å². The molecule has 0 bridgehead atoms. The van der Waals surface area contributed by atoms with Crippen LogP contribution in [-0.2, 0) is 16.0 Å². The summed E-state index contributed by atoms with van der Waals surface area (Å²) < 4.78 is 10.4. The van der Waals surface area contributed by atoms with Gasteiger partial charge in [-0.2, -0.15) is 5.10 Å². The highest BCUT2D eigenvalue weighted by atomic mass is 16.5. The van der Waals surface area contributed by atoms with E-state index in [9.17, 15) is 9.59 Å². The number of amides is 2. The second-order valence-corrected chi connectivity index (χ2v) is 5.34. The number of benzene rings is 2. The van der Waals surface area contributed by atoms with Crippen LogP contribution in [0, 0.1) is 0 Å². The van der Waals surface area contributed by atoms with Crippen LogP contribution in [0.25, 0.3) is 0 Å². The summed E-state index contributed by atoms with van der Waals surface area (Å²) in [5, 5.41) is 6.43. The van der Waals surface area contributed by atoms with E-state index in [0.717, 1.165) is 5.56 Å². The number of hydrogen-bond donors (Lipinski definition) is 2. The van der Waals surface area contributed by atoms with Crippen molar-refractivity contribution >= 4 is 18.0 Å². The number of carbonyl (C=O) groups excluding carboxylic acids is 2. The summed E-state index contributed by atoms with van der Waals surface area (Å²) in [7, 11) is 3.10. The average Bonchev–Trinajstić information content (AvgIpc) is 2.67. The van der Waals surface area contributed by atoms with Crippen LogP contribution in [0.5, 0.6) is 11.5 Å². The van der Waals surface area contributed by atoms with Gasteiger partial charge in [0.05, 0.1) is 33.4 Å². The van der Waals surface area contributed by atoms with E-state index in [0.29, 0.717) is 17.1 Å². The maximum atomic E-state index is 11.8. The fourth-order valence-electron chi connectivity index (χ4n) is 2.18. The lowest BCUT2D eigenvalue weighted by molar-refractivity contribution is -0.125. The Morgan fingerprint density at radius 1 is 1.04 bits per heavy atom. The van der Waals surface area contributed by atoms with E-state index in [1.54, 1.807) is 32.4 Å². The maximum absolute atomic E-state index is 11.8. The van der Waals surface area contributed by atoms with Crippen molar-refractivity contribution in [1.29, 1.82) is 0 Å². The van der Waals surface area contributed by atoms with Gasteiger partial charge in [0, 0.05) is 5.56 Å². The third kappa shape index (κ3) is 5.94. The van der Waals surface area contributed by atoms with Crippen LogP contribution in [-0.4, -0.2) is 38.8 Å². The molecule has 2 aromatic carbocycles. The zero-order valence-electron chi connectivity index (χ0n) is 14.7. The molecule has 136 valence electrons. The van der Waals surface area contributed by atoms with Crippen LogP contribution in [0.3, 0.4) is 0 Å². The van der Waals surface area contributed by atoms with Crippen molar-refractivity contribution in [3.63, 3.8) is 0 Å². The molecule has 0 heterocycles. The summed E-state index contributed by atoms with van der Waals surface area (Å²) >= 11 is 0. The average molecular weight is 355 g/mol. The monoisotopic (exact) mass is 355 g/mol. The van der Waals surface area contributed by atoms with E-state index in [4.69, 9.17) is 9.47 Å². The standard InChI is InChI=1S/C19H21N3O4/c1-25-16-8-9-17(26-2)15(11-16)12-21-22-19(24)13-20-18(23)10-14-6-4-3-5-7-14/h3-9,11-12H,10,13H2,1-2H3,(H,20,23)(H,22,24)/b21-12+. The number of nitrogens with one attached hydrogen (secondary N) is 2. The third-order valence-corrected chi connectivity index (χ3v) is 3.48. The third-order valence-electron chi connectivity index (χ3n) is 3.48. The number of rotatable bonds is 8. The van der Waals surface area contributed by atoms with Gasteiger partial charge in [0.15, 0.2) is 0 Å². The fourth-order valence-corrected chi connectivity index (χ4v) is 2.18. The second kappa shape index (κ2) is 9.83. The van der Waals surface area contributed by atoms with Gasteiger partial charge in [0.1, 0.15) is 11.5 Å². The number of ether oxygens (including phenoxy) is 2. The Bertz CT molecular complexity index is 776. The van der Waals surface area contributed by atoms with Gasteiger partial charge in [-0.1, -0.05) is 30.3 Å². The maximum Gasteiger partial charge on any atom is 0.259 e. The molecule has 0 aliphatic rings. The number of hydrazone groups is 1. The topological polar surface area (TPSA) is 89.0 Å². The van der Waals surface area contributed by atoms with E-state index in [1.807, 2.05) is 30.3 Å². The first-order chi connectivity index (χ1) is 12.6. The number of methoxy groups -OCH3 is 2. The van der Waals surface area contributed by atoms with Gasteiger partial charge in [0.25, 0.3) is 5.91 Å². The highest BCUT2D eigenvalue weighted by molar-refractivity contribution is 5.88. The molecule has 0 saturated heterocycles. The summed E-state index contributed by atoms with van der Waals surface area (Å²) in [6.07, 6.45) is 1.67. The molecule has 0 aromatic heterocycles. The number of nitrogens with zero attached hydrogens (tertiary/aromatic N) is 1. The molecule has 0 radical (unpaired) electrons. The smallest absolute Gasteiger partial charge is 0.259 e. The molecular formula is C19H21N3O4. The van der Waals surface area contributed by atoms with E-state index in [1.165, 1.54) is 6.21 Å². The summed E-state index contributed by atoms with van der Waals surface area (Å²) in [5.41, 5.74) is 3.89. The molecule has 0 aliphatic heterocycles. The van der Waals surface area contributed by atoms with Gasteiger partial charge in [0.2, 0.25) is 5.91 Å². The lowest BCUT2D eigenvalue weighted by Gasteiger charge is -2.07. The van der Waals surface area contributed by atoms with Crippen molar-refractivity contribution in [3.05, 3.63) is 59.7 Å². The lowest BCUT2D eigenvalue weighted by atomic mass is 10.1. The molecule has 2 rings (SSSR count). The van der Waals surface area contributed by atoms with Crippen LogP contribution >= 0.6 is 0 Å². The van der Waals surface area contributed by atoms with Crippen LogP contribution in [0.2, 0.25) is 0 Å². The van der Waals surface area contributed by atoms with Crippen molar-refractivity contribution in [2.24, 2.45) is 5.10 Å².